The summed E-state index contributed by atoms with van der Waals surface area (Å²) in [6.07, 6.45) is 2.55. The van der Waals surface area contributed by atoms with Gasteiger partial charge in [0, 0.05) is 12.6 Å². The van der Waals surface area contributed by atoms with E-state index < -0.39 is 0 Å². The van der Waals surface area contributed by atoms with Gasteiger partial charge in [-0.2, -0.15) is 5.10 Å². The molecule has 0 aliphatic rings. The zero-order valence-corrected chi connectivity index (χ0v) is 11.0. The van der Waals surface area contributed by atoms with E-state index in [1.165, 1.54) is 6.20 Å². The van der Waals surface area contributed by atoms with Gasteiger partial charge in [-0.05, 0) is 19.8 Å². The number of anilines is 1. The lowest BCUT2D eigenvalue weighted by molar-refractivity contribution is 0.0918. The highest BCUT2D eigenvalue weighted by Crippen LogP contribution is 2.13. The molecule has 5 nitrogen and oxygen atoms in total. The van der Waals surface area contributed by atoms with Crippen LogP contribution in [0.5, 0.6) is 0 Å². The molecule has 0 bridgehead atoms. The summed E-state index contributed by atoms with van der Waals surface area (Å²) in [5.74, 6) is 0.299. The lowest BCUT2D eigenvalue weighted by Crippen LogP contribution is -2.38. The maximum Gasteiger partial charge on any atom is 0.271 e. The number of nitrogens with one attached hydrogen (secondary N) is 1. The molecule has 96 valence electrons. The van der Waals surface area contributed by atoms with Gasteiger partial charge in [0.1, 0.15) is 5.69 Å². The molecule has 17 heavy (non-hydrogen) atoms. The average Bonchev–Trinajstić information content (AvgIpc) is 2.69. The van der Waals surface area contributed by atoms with Gasteiger partial charge in [-0.3, -0.25) is 9.48 Å². The number of nitrogen functional groups attached to an aromatic ring is 1. The number of amides is 1. The lowest BCUT2D eigenvalue weighted by Gasteiger charge is -2.20. The Balaban J connectivity index is 2.79. The number of carbonyl (C=O) groups excluding carboxylic acids is 1. The normalized spacial score (nSPS) is 14.4. The van der Waals surface area contributed by atoms with Gasteiger partial charge in [0.05, 0.1) is 11.9 Å². The minimum Gasteiger partial charge on any atom is -0.396 e. The van der Waals surface area contributed by atoms with E-state index in [9.17, 15) is 4.79 Å². The van der Waals surface area contributed by atoms with E-state index in [0.717, 1.165) is 6.42 Å². The number of nitrogens with zero attached hydrogens (tertiary/aromatic N) is 2. The second kappa shape index (κ2) is 5.70. The average molecular weight is 238 g/mol. The number of rotatable bonds is 5. The van der Waals surface area contributed by atoms with Gasteiger partial charge in [0.25, 0.3) is 5.91 Å². The van der Waals surface area contributed by atoms with Gasteiger partial charge in [-0.15, -0.1) is 0 Å². The van der Waals surface area contributed by atoms with Crippen molar-refractivity contribution < 1.29 is 4.79 Å². The zero-order valence-electron chi connectivity index (χ0n) is 11.0. The van der Waals surface area contributed by atoms with Crippen LogP contribution in [0.1, 0.15) is 44.6 Å². The van der Waals surface area contributed by atoms with E-state index in [2.05, 4.69) is 24.3 Å². The molecule has 1 rings (SSSR count). The van der Waals surface area contributed by atoms with Gasteiger partial charge in [0.15, 0.2) is 0 Å². The molecule has 3 N–H and O–H groups in total. The number of hydrogen-bond donors (Lipinski definition) is 2. The molecular weight excluding hydrogens is 216 g/mol. The molecule has 1 amide bonds. The third kappa shape index (κ3) is 2.99. The number of aromatic nitrogens is 2. The minimum absolute atomic E-state index is 0.132. The van der Waals surface area contributed by atoms with Crippen molar-refractivity contribution in [2.75, 3.05) is 5.73 Å². The van der Waals surface area contributed by atoms with Crippen LogP contribution < -0.4 is 11.1 Å². The molecule has 2 unspecified atom stereocenters. The van der Waals surface area contributed by atoms with Crippen molar-refractivity contribution in [2.24, 2.45) is 5.92 Å². The predicted molar refractivity (Wildman–Crippen MR) is 68.7 cm³/mol. The van der Waals surface area contributed by atoms with Gasteiger partial charge >= 0.3 is 0 Å². The Morgan fingerprint density at radius 1 is 1.53 bits per heavy atom. The molecule has 0 aromatic carbocycles. The highest BCUT2D eigenvalue weighted by atomic mass is 16.2. The maximum atomic E-state index is 12.1. The van der Waals surface area contributed by atoms with Crippen molar-refractivity contribution in [1.29, 1.82) is 0 Å². The van der Waals surface area contributed by atoms with E-state index in [-0.39, 0.29) is 11.9 Å². The van der Waals surface area contributed by atoms with Gasteiger partial charge in [-0.25, -0.2) is 0 Å². The molecule has 2 atom stereocenters. The zero-order chi connectivity index (χ0) is 13.0. The van der Waals surface area contributed by atoms with E-state index in [1.54, 1.807) is 4.68 Å². The first kappa shape index (κ1) is 13.5. The van der Waals surface area contributed by atoms with Crippen LogP contribution in [0.15, 0.2) is 6.20 Å². The minimum atomic E-state index is -0.144. The van der Waals surface area contributed by atoms with Crippen molar-refractivity contribution in [1.82, 2.24) is 15.1 Å². The number of aryl methyl sites for hydroxylation is 1. The molecule has 0 saturated carbocycles. The Labute approximate surface area is 102 Å². The van der Waals surface area contributed by atoms with Crippen molar-refractivity contribution in [3.63, 3.8) is 0 Å². The van der Waals surface area contributed by atoms with E-state index in [4.69, 9.17) is 5.73 Å². The molecule has 0 aliphatic heterocycles. The van der Waals surface area contributed by atoms with Crippen molar-refractivity contribution in [3.05, 3.63) is 11.9 Å². The SMILES string of the molecule is CCC(C)C(C)NC(=O)c1c(N)cnn1CC. The largest absolute Gasteiger partial charge is 0.396 e. The van der Waals surface area contributed by atoms with Gasteiger partial charge in [0.2, 0.25) is 0 Å². The summed E-state index contributed by atoms with van der Waals surface area (Å²) in [6, 6.07) is 0.132. The fraction of sp³-hybridized carbons (Fsp3) is 0.667. The first-order valence-electron chi connectivity index (χ1n) is 6.13. The fourth-order valence-electron chi connectivity index (χ4n) is 1.66. The molecule has 1 heterocycles. The Hall–Kier alpha value is -1.52. The summed E-state index contributed by atoms with van der Waals surface area (Å²) in [4.78, 5) is 12.1. The first-order valence-corrected chi connectivity index (χ1v) is 6.13. The van der Waals surface area contributed by atoms with Crippen LogP contribution in [-0.4, -0.2) is 21.7 Å². The topological polar surface area (TPSA) is 72.9 Å². The maximum absolute atomic E-state index is 12.1. The summed E-state index contributed by atoms with van der Waals surface area (Å²) in [5, 5.41) is 7.03. The van der Waals surface area contributed by atoms with Crippen molar-refractivity contribution in [3.8, 4) is 0 Å². The van der Waals surface area contributed by atoms with Crippen LogP contribution in [0.25, 0.3) is 0 Å². The third-order valence-corrected chi connectivity index (χ3v) is 3.24. The van der Waals surface area contributed by atoms with Crippen LogP contribution in [0, 0.1) is 5.92 Å². The van der Waals surface area contributed by atoms with Crippen LogP contribution in [0.4, 0.5) is 5.69 Å². The Kier molecular flexibility index (Phi) is 4.54. The summed E-state index contributed by atoms with van der Waals surface area (Å²) in [7, 11) is 0. The standard InChI is InChI=1S/C12H22N4O/c1-5-8(3)9(4)15-12(17)11-10(13)7-14-16(11)6-2/h7-9H,5-6,13H2,1-4H3,(H,15,17). The monoisotopic (exact) mass is 238 g/mol. The molecule has 5 heteroatoms. The first-order chi connectivity index (χ1) is 8.01. The Bertz CT molecular complexity index is 386. The molecule has 0 aliphatic carbocycles. The lowest BCUT2D eigenvalue weighted by atomic mass is 10.0. The number of nitrogens with two attached hydrogens (primary N) is 1. The second-order valence-corrected chi connectivity index (χ2v) is 4.41. The highest BCUT2D eigenvalue weighted by molar-refractivity contribution is 5.97. The summed E-state index contributed by atoms with van der Waals surface area (Å²) in [6.45, 7) is 8.80. The van der Waals surface area contributed by atoms with E-state index >= 15 is 0 Å². The third-order valence-electron chi connectivity index (χ3n) is 3.24. The molecule has 1 aromatic heterocycles. The number of hydrogen-bond acceptors (Lipinski definition) is 3. The van der Waals surface area contributed by atoms with Crippen LogP contribution in [-0.2, 0) is 6.54 Å². The van der Waals surface area contributed by atoms with Crippen molar-refractivity contribution in [2.45, 2.75) is 46.7 Å². The van der Waals surface area contributed by atoms with E-state index in [1.807, 2.05) is 13.8 Å². The smallest absolute Gasteiger partial charge is 0.271 e. The molecule has 0 fully saturated rings. The predicted octanol–water partition coefficient (Wildman–Crippen LogP) is 1.65. The molecule has 0 radical (unpaired) electrons. The summed E-state index contributed by atoms with van der Waals surface area (Å²) in [5.41, 5.74) is 6.65. The molecule has 0 saturated heterocycles. The second-order valence-electron chi connectivity index (χ2n) is 4.41. The van der Waals surface area contributed by atoms with Crippen LogP contribution in [0.2, 0.25) is 0 Å². The van der Waals surface area contributed by atoms with Crippen LogP contribution in [0.3, 0.4) is 0 Å². The summed E-state index contributed by atoms with van der Waals surface area (Å²) < 4.78 is 1.62. The fourth-order valence-corrected chi connectivity index (χ4v) is 1.66. The molecule has 1 aromatic rings. The number of carbonyl (C=O) groups is 1. The van der Waals surface area contributed by atoms with Gasteiger partial charge in [-0.1, -0.05) is 20.3 Å². The Morgan fingerprint density at radius 3 is 2.71 bits per heavy atom. The Morgan fingerprint density at radius 2 is 2.18 bits per heavy atom. The highest BCUT2D eigenvalue weighted by Gasteiger charge is 2.19. The summed E-state index contributed by atoms with van der Waals surface area (Å²) >= 11 is 0. The molecule has 0 spiro atoms. The van der Waals surface area contributed by atoms with E-state index in [0.29, 0.717) is 23.8 Å². The van der Waals surface area contributed by atoms with Crippen LogP contribution >= 0.6 is 0 Å². The molecular formula is C12H22N4O. The van der Waals surface area contributed by atoms with Crippen molar-refractivity contribution >= 4 is 11.6 Å². The van der Waals surface area contributed by atoms with Gasteiger partial charge < -0.3 is 11.1 Å². The quantitative estimate of drug-likeness (QED) is 0.819.